The number of carbonyl (C=O) groups excluding carboxylic acids is 1. The van der Waals surface area contributed by atoms with Crippen LogP contribution in [-0.2, 0) is 13.0 Å². The molecule has 1 aromatic carbocycles. The van der Waals surface area contributed by atoms with Gasteiger partial charge in [-0.25, -0.2) is 4.79 Å². The SMILES string of the molecule is O=C(Nc1ccccc1Cl)N(CCc1cccs1)Cc1ccco1. The summed E-state index contributed by atoms with van der Waals surface area (Å²) in [6, 6.07) is 14.8. The van der Waals surface area contributed by atoms with Crippen molar-refractivity contribution in [3.8, 4) is 0 Å². The Morgan fingerprint density at radius 3 is 2.75 bits per heavy atom. The number of urea groups is 1. The van der Waals surface area contributed by atoms with Crippen LogP contribution >= 0.6 is 22.9 Å². The predicted octanol–water partition coefficient (Wildman–Crippen LogP) is 5.27. The highest BCUT2D eigenvalue weighted by atomic mass is 35.5. The number of halogens is 1. The number of hydrogen-bond donors (Lipinski definition) is 1. The summed E-state index contributed by atoms with van der Waals surface area (Å²) in [6.45, 7) is 1.01. The first-order chi connectivity index (χ1) is 11.7. The van der Waals surface area contributed by atoms with Gasteiger partial charge in [-0.05, 0) is 42.1 Å². The zero-order valence-electron chi connectivity index (χ0n) is 12.9. The Labute approximate surface area is 149 Å². The van der Waals surface area contributed by atoms with Crippen LogP contribution in [0.5, 0.6) is 0 Å². The molecule has 3 rings (SSSR count). The molecule has 24 heavy (non-hydrogen) atoms. The van der Waals surface area contributed by atoms with Gasteiger partial charge in [-0.3, -0.25) is 0 Å². The Balaban J connectivity index is 1.70. The molecule has 0 saturated carbocycles. The summed E-state index contributed by atoms with van der Waals surface area (Å²) in [7, 11) is 0. The number of thiophene rings is 1. The molecule has 0 unspecified atom stereocenters. The van der Waals surface area contributed by atoms with Gasteiger partial charge in [0.15, 0.2) is 0 Å². The van der Waals surface area contributed by atoms with Crippen LogP contribution in [0.25, 0.3) is 0 Å². The van der Waals surface area contributed by atoms with E-state index >= 15 is 0 Å². The van der Waals surface area contributed by atoms with E-state index in [1.165, 1.54) is 4.88 Å². The van der Waals surface area contributed by atoms with Crippen molar-refractivity contribution >= 4 is 34.7 Å². The number of amides is 2. The van der Waals surface area contributed by atoms with E-state index in [-0.39, 0.29) is 6.03 Å². The molecule has 0 bridgehead atoms. The third-order valence-electron chi connectivity index (χ3n) is 3.54. The lowest BCUT2D eigenvalue weighted by Crippen LogP contribution is -2.36. The fourth-order valence-electron chi connectivity index (χ4n) is 2.30. The number of carbonyl (C=O) groups is 1. The molecule has 2 aromatic heterocycles. The van der Waals surface area contributed by atoms with Crippen molar-refractivity contribution in [1.82, 2.24) is 4.90 Å². The zero-order chi connectivity index (χ0) is 16.8. The van der Waals surface area contributed by atoms with Gasteiger partial charge in [-0.1, -0.05) is 29.8 Å². The third-order valence-corrected chi connectivity index (χ3v) is 4.80. The van der Waals surface area contributed by atoms with Crippen LogP contribution in [0, 0.1) is 0 Å². The minimum Gasteiger partial charge on any atom is -0.467 e. The van der Waals surface area contributed by atoms with Gasteiger partial charge in [-0.2, -0.15) is 0 Å². The highest BCUT2D eigenvalue weighted by Gasteiger charge is 2.16. The lowest BCUT2D eigenvalue weighted by Gasteiger charge is -2.22. The van der Waals surface area contributed by atoms with Gasteiger partial charge >= 0.3 is 6.03 Å². The summed E-state index contributed by atoms with van der Waals surface area (Å²) >= 11 is 7.81. The largest absolute Gasteiger partial charge is 0.467 e. The van der Waals surface area contributed by atoms with Gasteiger partial charge in [0.1, 0.15) is 5.76 Å². The molecule has 0 fully saturated rings. The van der Waals surface area contributed by atoms with Crippen molar-refractivity contribution in [2.24, 2.45) is 0 Å². The fraction of sp³-hybridized carbons (Fsp3) is 0.167. The summed E-state index contributed by atoms with van der Waals surface area (Å²) in [5.41, 5.74) is 0.602. The van der Waals surface area contributed by atoms with Crippen LogP contribution < -0.4 is 5.32 Å². The van der Waals surface area contributed by atoms with E-state index in [9.17, 15) is 4.79 Å². The molecular weight excluding hydrogens is 344 g/mol. The minimum atomic E-state index is -0.198. The van der Waals surface area contributed by atoms with Crippen LogP contribution in [-0.4, -0.2) is 17.5 Å². The molecule has 0 aliphatic heterocycles. The van der Waals surface area contributed by atoms with Gasteiger partial charge in [0.2, 0.25) is 0 Å². The van der Waals surface area contributed by atoms with Crippen molar-refractivity contribution in [2.45, 2.75) is 13.0 Å². The molecule has 3 aromatic rings. The summed E-state index contributed by atoms with van der Waals surface area (Å²) in [5.74, 6) is 0.746. The van der Waals surface area contributed by atoms with Crippen LogP contribution in [0.2, 0.25) is 5.02 Å². The summed E-state index contributed by atoms with van der Waals surface area (Å²) < 4.78 is 5.38. The summed E-state index contributed by atoms with van der Waals surface area (Å²) in [4.78, 5) is 15.6. The van der Waals surface area contributed by atoms with E-state index in [1.807, 2.05) is 35.7 Å². The van der Waals surface area contributed by atoms with E-state index < -0.39 is 0 Å². The first-order valence-electron chi connectivity index (χ1n) is 7.57. The molecule has 124 valence electrons. The van der Waals surface area contributed by atoms with Gasteiger partial charge in [0, 0.05) is 11.4 Å². The summed E-state index contributed by atoms with van der Waals surface area (Å²) in [6.07, 6.45) is 2.41. The molecule has 1 N–H and O–H groups in total. The smallest absolute Gasteiger partial charge is 0.322 e. The lowest BCUT2D eigenvalue weighted by atomic mass is 10.3. The maximum atomic E-state index is 12.7. The molecule has 4 nitrogen and oxygen atoms in total. The average molecular weight is 361 g/mol. The van der Waals surface area contributed by atoms with Gasteiger partial charge in [0.05, 0.1) is 23.5 Å². The van der Waals surface area contributed by atoms with E-state index in [4.69, 9.17) is 16.0 Å². The number of furan rings is 1. The van der Waals surface area contributed by atoms with E-state index in [2.05, 4.69) is 11.4 Å². The molecule has 0 aliphatic carbocycles. The topological polar surface area (TPSA) is 45.5 Å². The molecule has 0 atom stereocenters. The van der Waals surface area contributed by atoms with Gasteiger partial charge in [0.25, 0.3) is 0 Å². The van der Waals surface area contributed by atoms with E-state index in [1.54, 1.807) is 34.6 Å². The third kappa shape index (κ3) is 4.40. The van der Waals surface area contributed by atoms with E-state index in [0.717, 1.165) is 12.2 Å². The first kappa shape index (κ1) is 16.6. The maximum absolute atomic E-state index is 12.7. The number of benzene rings is 1. The Kier molecular flexibility index (Phi) is 5.56. The Morgan fingerprint density at radius 2 is 2.04 bits per heavy atom. The van der Waals surface area contributed by atoms with E-state index in [0.29, 0.717) is 23.8 Å². The molecule has 6 heteroatoms. The maximum Gasteiger partial charge on any atom is 0.322 e. The minimum absolute atomic E-state index is 0.198. The molecule has 2 heterocycles. The first-order valence-corrected chi connectivity index (χ1v) is 8.83. The second-order valence-electron chi connectivity index (χ2n) is 5.24. The van der Waals surface area contributed by atoms with Crippen molar-refractivity contribution < 1.29 is 9.21 Å². The number of hydrogen-bond acceptors (Lipinski definition) is 3. The molecule has 2 amide bonds. The molecule has 0 aliphatic rings. The molecule has 0 radical (unpaired) electrons. The molecular formula is C18H17ClN2O2S. The Bertz CT molecular complexity index is 772. The number of anilines is 1. The van der Waals surface area contributed by atoms with Crippen LogP contribution in [0.1, 0.15) is 10.6 Å². The van der Waals surface area contributed by atoms with Crippen molar-refractivity contribution in [2.75, 3.05) is 11.9 Å². The van der Waals surface area contributed by atoms with Crippen molar-refractivity contribution in [3.05, 3.63) is 75.8 Å². The quantitative estimate of drug-likeness (QED) is 0.650. The number of para-hydroxylation sites is 1. The number of rotatable bonds is 6. The zero-order valence-corrected chi connectivity index (χ0v) is 14.5. The summed E-state index contributed by atoms with van der Waals surface area (Å²) in [5, 5.41) is 5.42. The number of nitrogens with zero attached hydrogens (tertiary/aromatic N) is 1. The lowest BCUT2D eigenvalue weighted by molar-refractivity contribution is 0.205. The number of nitrogens with one attached hydrogen (secondary N) is 1. The molecule has 0 spiro atoms. The molecule has 0 saturated heterocycles. The van der Waals surface area contributed by atoms with Crippen LogP contribution in [0.15, 0.2) is 64.6 Å². The highest BCUT2D eigenvalue weighted by molar-refractivity contribution is 7.09. The van der Waals surface area contributed by atoms with Gasteiger partial charge in [-0.15, -0.1) is 11.3 Å². The monoisotopic (exact) mass is 360 g/mol. The van der Waals surface area contributed by atoms with Crippen molar-refractivity contribution in [3.63, 3.8) is 0 Å². The van der Waals surface area contributed by atoms with Crippen LogP contribution in [0.3, 0.4) is 0 Å². The fourth-order valence-corrected chi connectivity index (χ4v) is 3.18. The van der Waals surface area contributed by atoms with Crippen molar-refractivity contribution in [1.29, 1.82) is 0 Å². The van der Waals surface area contributed by atoms with Gasteiger partial charge < -0.3 is 14.6 Å². The Morgan fingerprint density at radius 1 is 1.17 bits per heavy atom. The predicted molar refractivity (Wildman–Crippen MR) is 97.6 cm³/mol. The normalized spacial score (nSPS) is 10.5. The highest BCUT2D eigenvalue weighted by Crippen LogP contribution is 2.21. The Hall–Kier alpha value is -2.24. The standard InChI is InChI=1S/C18H17ClN2O2S/c19-16-7-1-2-8-17(16)20-18(22)21(13-14-5-3-11-23-14)10-9-15-6-4-12-24-15/h1-8,11-12H,9-10,13H2,(H,20,22). The second kappa shape index (κ2) is 8.04. The average Bonchev–Trinajstić information content (AvgIpc) is 3.27. The second-order valence-corrected chi connectivity index (χ2v) is 6.68. The van der Waals surface area contributed by atoms with Crippen LogP contribution in [0.4, 0.5) is 10.5 Å².